The first-order valence-corrected chi connectivity index (χ1v) is 6.54. The molecule has 4 nitrogen and oxygen atoms in total. The van der Waals surface area contributed by atoms with Crippen LogP contribution in [0, 0.1) is 6.92 Å². The third-order valence-electron chi connectivity index (χ3n) is 3.55. The van der Waals surface area contributed by atoms with E-state index >= 15 is 0 Å². The van der Waals surface area contributed by atoms with Crippen molar-refractivity contribution in [3.63, 3.8) is 0 Å². The lowest BCUT2D eigenvalue weighted by molar-refractivity contribution is 0.0698. The number of carboxylic acid groups (broad SMARTS) is 1. The van der Waals surface area contributed by atoms with Gasteiger partial charge in [0.2, 0.25) is 0 Å². The molecule has 0 saturated carbocycles. The fourth-order valence-electron chi connectivity index (χ4n) is 2.87. The molecule has 0 fully saturated rings. The zero-order chi connectivity index (χ0) is 14.2. The Morgan fingerprint density at radius 1 is 1.42 bits per heavy atom. The van der Waals surface area contributed by atoms with Crippen LogP contribution in [0.4, 0.5) is 0 Å². The van der Waals surface area contributed by atoms with Crippen LogP contribution in [-0.4, -0.2) is 22.2 Å². The van der Waals surface area contributed by atoms with Gasteiger partial charge in [-0.05, 0) is 24.5 Å². The molecule has 2 rings (SSSR count). The van der Waals surface area contributed by atoms with Gasteiger partial charge in [0, 0.05) is 24.2 Å². The van der Waals surface area contributed by atoms with Crippen LogP contribution >= 0.6 is 0 Å². The van der Waals surface area contributed by atoms with E-state index in [2.05, 4.69) is 13.8 Å². The second kappa shape index (κ2) is 5.05. The molecule has 102 valence electrons. The topological polar surface area (TPSA) is 68.2 Å². The van der Waals surface area contributed by atoms with Crippen molar-refractivity contribution in [2.24, 2.45) is 5.73 Å². The molecule has 0 radical (unpaired) electrons. The average Bonchev–Trinajstić information content (AvgIpc) is 2.62. The van der Waals surface area contributed by atoms with Gasteiger partial charge in [-0.3, -0.25) is 0 Å². The molecule has 0 aliphatic heterocycles. The fraction of sp³-hybridized carbons (Fsp3) is 0.400. The fourth-order valence-corrected chi connectivity index (χ4v) is 2.87. The van der Waals surface area contributed by atoms with Crippen LogP contribution in [0.2, 0.25) is 0 Å². The highest BCUT2D eigenvalue weighted by Crippen LogP contribution is 2.33. The molecule has 4 heteroatoms. The van der Waals surface area contributed by atoms with Gasteiger partial charge >= 0.3 is 5.97 Å². The third-order valence-corrected chi connectivity index (χ3v) is 3.55. The maximum absolute atomic E-state index is 11.4. The number of aromatic nitrogens is 1. The summed E-state index contributed by atoms with van der Waals surface area (Å²) >= 11 is 0. The molecule has 0 saturated heterocycles. The standard InChI is InChI=1S/C15H20N2O2/c1-9(2)13-10(3)17(8-7-16)14-11(13)5-4-6-12(14)15(18)19/h4-6,9H,7-8,16H2,1-3H3,(H,18,19). The number of benzene rings is 1. The van der Waals surface area contributed by atoms with Gasteiger partial charge in [-0.15, -0.1) is 0 Å². The van der Waals surface area contributed by atoms with Crippen molar-refractivity contribution in [1.82, 2.24) is 4.57 Å². The predicted molar refractivity (Wildman–Crippen MR) is 76.8 cm³/mol. The van der Waals surface area contributed by atoms with Crippen LogP contribution in [0.5, 0.6) is 0 Å². The highest BCUT2D eigenvalue weighted by Gasteiger charge is 2.20. The number of hydrogen-bond acceptors (Lipinski definition) is 2. The molecule has 19 heavy (non-hydrogen) atoms. The molecule has 0 unspecified atom stereocenters. The Hall–Kier alpha value is -1.81. The predicted octanol–water partition coefficient (Wildman–Crippen LogP) is 2.73. The van der Waals surface area contributed by atoms with Gasteiger partial charge in [-0.1, -0.05) is 26.0 Å². The molecular formula is C15H20N2O2. The highest BCUT2D eigenvalue weighted by atomic mass is 16.4. The smallest absolute Gasteiger partial charge is 0.337 e. The molecule has 0 atom stereocenters. The minimum atomic E-state index is -0.892. The summed E-state index contributed by atoms with van der Waals surface area (Å²) in [6.45, 7) is 7.43. The molecule has 1 aromatic heterocycles. The van der Waals surface area contributed by atoms with Crippen molar-refractivity contribution < 1.29 is 9.90 Å². The van der Waals surface area contributed by atoms with E-state index < -0.39 is 5.97 Å². The number of nitrogens with zero attached hydrogens (tertiary/aromatic N) is 1. The Labute approximate surface area is 112 Å². The second-order valence-corrected chi connectivity index (χ2v) is 5.10. The summed E-state index contributed by atoms with van der Waals surface area (Å²) in [4.78, 5) is 11.4. The Bertz CT molecular complexity index is 627. The Morgan fingerprint density at radius 2 is 2.11 bits per heavy atom. The first-order chi connectivity index (χ1) is 8.99. The van der Waals surface area contributed by atoms with Gasteiger partial charge in [0.15, 0.2) is 0 Å². The number of nitrogens with two attached hydrogens (primary N) is 1. The van der Waals surface area contributed by atoms with Gasteiger partial charge in [-0.2, -0.15) is 0 Å². The van der Waals surface area contributed by atoms with E-state index in [4.69, 9.17) is 5.73 Å². The van der Waals surface area contributed by atoms with E-state index in [0.29, 0.717) is 24.6 Å². The van der Waals surface area contributed by atoms with E-state index in [1.165, 1.54) is 5.56 Å². The summed E-state index contributed by atoms with van der Waals surface area (Å²) in [6, 6.07) is 5.46. The summed E-state index contributed by atoms with van der Waals surface area (Å²) < 4.78 is 2.04. The first-order valence-electron chi connectivity index (χ1n) is 6.54. The van der Waals surface area contributed by atoms with E-state index in [1.54, 1.807) is 6.07 Å². The van der Waals surface area contributed by atoms with Gasteiger partial charge in [-0.25, -0.2) is 4.79 Å². The van der Waals surface area contributed by atoms with E-state index in [1.807, 2.05) is 23.6 Å². The number of rotatable bonds is 4. The Kier molecular flexibility index (Phi) is 3.62. The zero-order valence-corrected chi connectivity index (χ0v) is 11.6. The zero-order valence-electron chi connectivity index (χ0n) is 11.6. The number of aromatic carboxylic acids is 1. The van der Waals surface area contributed by atoms with Crippen LogP contribution in [0.1, 0.15) is 41.4 Å². The molecular weight excluding hydrogens is 240 g/mol. The number of fused-ring (bicyclic) bond motifs is 1. The lowest BCUT2D eigenvalue weighted by atomic mass is 9.99. The van der Waals surface area contributed by atoms with E-state index in [9.17, 15) is 9.90 Å². The molecule has 2 aromatic rings. The van der Waals surface area contributed by atoms with Gasteiger partial charge < -0.3 is 15.4 Å². The Balaban J connectivity index is 2.89. The molecule has 0 aliphatic rings. The maximum atomic E-state index is 11.4. The Morgan fingerprint density at radius 3 is 2.63 bits per heavy atom. The highest BCUT2D eigenvalue weighted by molar-refractivity contribution is 6.04. The van der Waals surface area contributed by atoms with Crippen LogP contribution in [-0.2, 0) is 6.54 Å². The van der Waals surface area contributed by atoms with Crippen molar-refractivity contribution in [3.05, 3.63) is 35.0 Å². The van der Waals surface area contributed by atoms with E-state index in [-0.39, 0.29) is 0 Å². The summed E-state index contributed by atoms with van der Waals surface area (Å²) in [6.07, 6.45) is 0. The lowest BCUT2D eigenvalue weighted by Gasteiger charge is -2.09. The van der Waals surface area contributed by atoms with Crippen molar-refractivity contribution in [2.45, 2.75) is 33.2 Å². The quantitative estimate of drug-likeness (QED) is 0.888. The van der Waals surface area contributed by atoms with Gasteiger partial charge in [0.05, 0.1) is 11.1 Å². The minimum absolute atomic E-state index is 0.348. The molecule has 0 spiro atoms. The summed E-state index contributed by atoms with van der Waals surface area (Å²) in [5, 5.41) is 10.4. The van der Waals surface area contributed by atoms with Crippen molar-refractivity contribution >= 4 is 16.9 Å². The second-order valence-electron chi connectivity index (χ2n) is 5.10. The van der Waals surface area contributed by atoms with Crippen molar-refractivity contribution in [1.29, 1.82) is 0 Å². The largest absolute Gasteiger partial charge is 0.478 e. The normalized spacial score (nSPS) is 11.4. The summed E-state index contributed by atoms with van der Waals surface area (Å²) in [5.74, 6) is -0.540. The molecule has 3 N–H and O–H groups in total. The SMILES string of the molecule is Cc1c(C(C)C)c2cccc(C(=O)O)c2n1CCN. The average molecular weight is 260 g/mol. The monoisotopic (exact) mass is 260 g/mol. The first kappa shape index (κ1) is 13.6. The number of carboxylic acids is 1. The van der Waals surface area contributed by atoms with Crippen LogP contribution < -0.4 is 5.73 Å². The van der Waals surface area contributed by atoms with Crippen molar-refractivity contribution in [2.75, 3.05) is 6.54 Å². The lowest BCUT2D eigenvalue weighted by Crippen LogP contribution is -2.12. The van der Waals surface area contributed by atoms with Gasteiger partial charge in [0.25, 0.3) is 0 Å². The number of para-hydroxylation sites is 1. The van der Waals surface area contributed by atoms with Gasteiger partial charge in [0.1, 0.15) is 0 Å². The molecule has 1 aromatic carbocycles. The molecule has 0 aliphatic carbocycles. The number of hydrogen-bond donors (Lipinski definition) is 2. The summed E-state index contributed by atoms with van der Waals surface area (Å²) in [5.41, 5.74) is 9.13. The van der Waals surface area contributed by atoms with Crippen LogP contribution in [0.3, 0.4) is 0 Å². The number of carbonyl (C=O) groups is 1. The molecule has 0 bridgehead atoms. The third kappa shape index (κ3) is 2.12. The van der Waals surface area contributed by atoms with E-state index in [0.717, 1.165) is 16.6 Å². The maximum Gasteiger partial charge on any atom is 0.337 e. The minimum Gasteiger partial charge on any atom is -0.478 e. The summed E-state index contributed by atoms with van der Waals surface area (Å²) in [7, 11) is 0. The molecule has 1 heterocycles. The van der Waals surface area contributed by atoms with Crippen LogP contribution in [0.25, 0.3) is 10.9 Å². The van der Waals surface area contributed by atoms with Crippen molar-refractivity contribution in [3.8, 4) is 0 Å². The van der Waals surface area contributed by atoms with Crippen LogP contribution in [0.15, 0.2) is 18.2 Å². The molecule has 0 amide bonds.